The number of pyridine rings is 1. The van der Waals surface area contributed by atoms with Gasteiger partial charge >= 0.3 is 6.09 Å². The molecule has 7 rings (SSSR count). The molecule has 14 heteroatoms. The summed E-state index contributed by atoms with van der Waals surface area (Å²) >= 11 is 1.28. The summed E-state index contributed by atoms with van der Waals surface area (Å²) in [4.78, 5) is 37.5. The molecule has 0 bridgehead atoms. The topological polar surface area (TPSA) is 128 Å². The van der Waals surface area contributed by atoms with Crippen molar-refractivity contribution in [2.75, 3.05) is 43.0 Å². The molecule has 2 aliphatic rings. The Kier molecular flexibility index (Phi) is 8.41. The summed E-state index contributed by atoms with van der Waals surface area (Å²) < 4.78 is 21.0. The molecule has 252 valence electrons. The number of hydrogen-bond acceptors (Lipinski definition) is 11. The molecule has 0 spiro atoms. The van der Waals surface area contributed by atoms with E-state index in [0.29, 0.717) is 52.8 Å². The molecule has 0 radical (unpaired) electrons. The highest BCUT2D eigenvalue weighted by atomic mass is 32.1. The van der Waals surface area contributed by atoms with Crippen molar-refractivity contribution in [2.45, 2.75) is 51.8 Å². The molecule has 1 aromatic carbocycles. The molecule has 1 amide bonds. The highest BCUT2D eigenvalue weighted by molar-refractivity contribution is 7.16. The van der Waals surface area contributed by atoms with Crippen LogP contribution in [0.2, 0.25) is 0 Å². The van der Waals surface area contributed by atoms with Crippen molar-refractivity contribution in [1.82, 2.24) is 34.6 Å². The van der Waals surface area contributed by atoms with E-state index in [0.717, 1.165) is 41.4 Å². The molecule has 1 N–H and O–H groups in total. The quantitative estimate of drug-likeness (QED) is 0.220. The number of aromatic nitrogens is 5. The van der Waals surface area contributed by atoms with Crippen LogP contribution in [0.15, 0.2) is 55.0 Å². The molecule has 0 aliphatic carbocycles. The number of thiazole rings is 1. The number of rotatable bonds is 8. The largest absolute Gasteiger partial charge is 0.444 e. The maximum absolute atomic E-state index is 13.6. The number of fused-ring (bicyclic) bond motifs is 1. The second-order valence-corrected chi connectivity index (χ2v) is 14.3. The van der Waals surface area contributed by atoms with Gasteiger partial charge in [0.25, 0.3) is 0 Å². The zero-order valence-electron chi connectivity index (χ0n) is 28.0. The average Bonchev–Trinajstić information content (AvgIpc) is 3.64. The smallest absolute Gasteiger partial charge is 0.410 e. The number of nitriles is 1. The Morgan fingerprint density at radius 3 is 2.37 bits per heavy atom. The molecule has 6 heterocycles. The fraction of sp³-hybridized carbons (Fsp3) is 0.371. The standard InChI is InChI=1S/C35H37FN10O2S/c1-6-27-31(43(5)33-42-30(28(13-37)49-33)21-7-10-24(36)11-8-21)46-16-22(9-12-29(46)41-27)23-14-38-32(39-15-23)44-17-25(18-44)40-26-19-45(20-26)34(47)48-35(2,3)4/h7-12,14-16,25-26,40H,6,17-20H2,1-5H3. The van der Waals surface area contributed by atoms with Gasteiger partial charge in [-0.3, -0.25) is 4.40 Å². The Hall–Kier alpha value is -5.13. The molecule has 49 heavy (non-hydrogen) atoms. The Labute approximate surface area is 287 Å². The van der Waals surface area contributed by atoms with E-state index in [2.05, 4.69) is 33.2 Å². The first-order valence-electron chi connectivity index (χ1n) is 16.2. The van der Waals surface area contributed by atoms with Gasteiger partial charge in [-0.1, -0.05) is 18.3 Å². The van der Waals surface area contributed by atoms with Crippen LogP contribution in [0.3, 0.4) is 0 Å². The van der Waals surface area contributed by atoms with E-state index in [4.69, 9.17) is 14.7 Å². The number of nitrogens with zero attached hydrogens (tertiary/aromatic N) is 9. The molecule has 0 saturated carbocycles. The first kappa shape index (κ1) is 32.4. The van der Waals surface area contributed by atoms with Crippen LogP contribution >= 0.6 is 11.3 Å². The van der Waals surface area contributed by atoms with Crippen molar-refractivity contribution in [2.24, 2.45) is 0 Å². The van der Waals surface area contributed by atoms with E-state index in [1.54, 1.807) is 17.0 Å². The van der Waals surface area contributed by atoms with Gasteiger partial charge in [-0.2, -0.15) is 5.26 Å². The number of halogens is 1. The van der Waals surface area contributed by atoms with Crippen molar-refractivity contribution in [3.63, 3.8) is 0 Å². The van der Waals surface area contributed by atoms with Crippen LogP contribution in [0.4, 0.5) is 26.1 Å². The predicted molar refractivity (Wildman–Crippen MR) is 187 cm³/mol. The number of anilines is 3. The van der Waals surface area contributed by atoms with Crippen LogP contribution in [-0.4, -0.2) is 86.2 Å². The van der Waals surface area contributed by atoms with Gasteiger partial charge in [0.1, 0.15) is 39.5 Å². The van der Waals surface area contributed by atoms with Gasteiger partial charge in [-0.25, -0.2) is 29.1 Å². The first-order chi connectivity index (χ1) is 23.5. The SMILES string of the molecule is CCc1nc2ccc(-c3cnc(N4CC(NC5CN(C(=O)OC(C)(C)C)C5)C4)nc3)cn2c1N(C)c1nc(-c2ccc(F)cc2)c(C#N)s1. The van der Waals surface area contributed by atoms with Gasteiger partial charge in [-0.05, 0) is 63.6 Å². The number of likely N-dealkylation sites (tertiary alicyclic amines) is 1. The van der Waals surface area contributed by atoms with Crippen molar-refractivity contribution < 1.29 is 13.9 Å². The molecule has 5 aromatic rings. The zero-order chi connectivity index (χ0) is 34.4. The lowest BCUT2D eigenvalue weighted by molar-refractivity contribution is 0.00377. The second kappa shape index (κ2) is 12.7. The summed E-state index contributed by atoms with van der Waals surface area (Å²) in [5, 5.41) is 14.1. The maximum Gasteiger partial charge on any atom is 0.410 e. The van der Waals surface area contributed by atoms with E-state index < -0.39 is 5.60 Å². The highest BCUT2D eigenvalue weighted by Crippen LogP contribution is 2.37. The Morgan fingerprint density at radius 1 is 1.04 bits per heavy atom. The number of benzene rings is 1. The second-order valence-electron chi connectivity index (χ2n) is 13.4. The van der Waals surface area contributed by atoms with Gasteiger partial charge in [0, 0.05) is 80.6 Å². The average molecular weight is 681 g/mol. The summed E-state index contributed by atoms with van der Waals surface area (Å²) in [6.07, 6.45) is 6.13. The van der Waals surface area contributed by atoms with Gasteiger partial charge in [0.15, 0.2) is 5.13 Å². The van der Waals surface area contributed by atoms with Crippen LogP contribution in [0.5, 0.6) is 0 Å². The summed E-state index contributed by atoms with van der Waals surface area (Å²) in [6, 6.07) is 12.8. The van der Waals surface area contributed by atoms with Crippen molar-refractivity contribution in [1.29, 1.82) is 5.26 Å². The number of carbonyl (C=O) groups is 1. The fourth-order valence-electron chi connectivity index (χ4n) is 6.04. The van der Waals surface area contributed by atoms with E-state index in [1.807, 2.05) is 67.8 Å². The minimum absolute atomic E-state index is 0.263. The third-order valence-electron chi connectivity index (χ3n) is 8.58. The van der Waals surface area contributed by atoms with Gasteiger partial charge in [0.2, 0.25) is 5.95 Å². The van der Waals surface area contributed by atoms with Crippen LogP contribution < -0.4 is 15.1 Å². The molecule has 4 aromatic heterocycles. The third kappa shape index (κ3) is 6.51. The van der Waals surface area contributed by atoms with Gasteiger partial charge in [0.05, 0.1) is 5.69 Å². The molecule has 12 nitrogen and oxygen atoms in total. The van der Waals surface area contributed by atoms with Crippen LogP contribution in [0.25, 0.3) is 28.0 Å². The van der Waals surface area contributed by atoms with E-state index in [1.165, 1.54) is 23.5 Å². The molecule has 2 fully saturated rings. The Morgan fingerprint density at radius 2 is 1.71 bits per heavy atom. The van der Waals surface area contributed by atoms with E-state index in [-0.39, 0.29) is 18.0 Å². The number of ether oxygens (including phenoxy) is 1. The van der Waals surface area contributed by atoms with Gasteiger partial charge in [-0.15, -0.1) is 0 Å². The third-order valence-corrected chi connectivity index (χ3v) is 9.61. The summed E-state index contributed by atoms with van der Waals surface area (Å²) in [7, 11) is 1.92. The minimum atomic E-state index is -0.491. The van der Waals surface area contributed by atoms with Crippen LogP contribution in [0.1, 0.15) is 38.3 Å². The highest BCUT2D eigenvalue weighted by Gasteiger charge is 2.37. The summed E-state index contributed by atoms with van der Waals surface area (Å²) in [6.45, 7) is 10.6. The van der Waals surface area contributed by atoms with Crippen molar-refractivity contribution >= 4 is 40.0 Å². The number of nitrogens with one attached hydrogen (secondary N) is 1. The maximum atomic E-state index is 13.6. The van der Waals surface area contributed by atoms with E-state index >= 15 is 0 Å². The molecular formula is C35H37FN10O2S. The summed E-state index contributed by atoms with van der Waals surface area (Å²) in [5.41, 5.74) is 4.20. The number of carbonyl (C=O) groups excluding carboxylic acids is 1. The molecule has 0 unspecified atom stereocenters. The van der Waals surface area contributed by atoms with E-state index in [9.17, 15) is 14.4 Å². The molecule has 2 aliphatic heterocycles. The molecule has 2 saturated heterocycles. The number of hydrogen-bond donors (Lipinski definition) is 1. The predicted octanol–water partition coefficient (Wildman–Crippen LogP) is 5.65. The lowest BCUT2D eigenvalue weighted by Gasteiger charge is -2.46. The molecular weight excluding hydrogens is 644 g/mol. The van der Waals surface area contributed by atoms with Crippen molar-refractivity contribution in [3.05, 3.63) is 71.4 Å². The first-order valence-corrected chi connectivity index (χ1v) is 17.0. The van der Waals surface area contributed by atoms with Crippen molar-refractivity contribution in [3.8, 4) is 28.5 Å². The number of amides is 1. The van der Waals surface area contributed by atoms with Gasteiger partial charge < -0.3 is 24.8 Å². The fourth-order valence-corrected chi connectivity index (χ4v) is 6.89. The Bertz CT molecular complexity index is 2040. The number of imidazole rings is 1. The zero-order valence-corrected chi connectivity index (χ0v) is 28.8. The monoisotopic (exact) mass is 680 g/mol. The lowest BCUT2D eigenvalue weighted by Crippen LogP contribution is -2.68. The minimum Gasteiger partial charge on any atom is -0.444 e. The van der Waals surface area contributed by atoms with Crippen LogP contribution in [0, 0.1) is 17.1 Å². The summed E-state index contributed by atoms with van der Waals surface area (Å²) in [5.74, 6) is 1.18. The number of aryl methyl sites for hydroxylation is 1. The lowest BCUT2D eigenvalue weighted by atomic mass is 10.0. The Balaban J connectivity index is 1.03. The molecule has 0 atom stereocenters. The normalized spacial score (nSPS) is 15.2. The van der Waals surface area contributed by atoms with Crippen LogP contribution in [-0.2, 0) is 11.2 Å².